The van der Waals surface area contributed by atoms with E-state index in [-0.39, 0.29) is 12.3 Å². The number of primary amides is 1. The van der Waals surface area contributed by atoms with Crippen molar-refractivity contribution in [3.05, 3.63) is 11.1 Å². The summed E-state index contributed by atoms with van der Waals surface area (Å²) in [4.78, 5) is 33.8. The number of carbonyl (C=O) groups is 3. The Balaban J connectivity index is 2.55. The normalized spacial score (nSPS) is 20.5. The molecule has 0 aromatic rings. The Bertz CT molecular complexity index is 370. The van der Waals surface area contributed by atoms with E-state index in [0.29, 0.717) is 17.3 Å². The maximum absolute atomic E-state index is 11.7. The predicted octanol–water partition coefficient (Wildman–Crippen LogP) is -0.466. The standard InChI is InChI=1S/C10H14BrN3O3/c1-5(11)4-7(9(12)16)14-10(17)6-2-3-8(15)13-6/h6-7H,1-4H2,(H2,12,16)(H,13,15)(H,14,17)/t6-,7+/m0/s1. The molecule has 1 fully saturated rings. The molecule has 17 heavy (non-hydrogen) atoms. The van der Waals surface area contributed by atoms with E-state index < -0.39 is 23.9 Å². The van der Waals surface area contributed by atoms with Gasteiger partial charge in [-0.25, -0.2) is 0 Å². The average molecular weight is 304 g/mol. The van der Waals surface area contributed by atoms with Crippen molar-refractivity contribution in [1.82, 2.24) is 10.6 Å². The third-order valence-corrected chi connectivity index (χ3v) is 2.72. The highest BCUT2D eigenvalue weighted by molar-refractivity contribution is 9.11. The van der Waals surface area contributed by atoms with Gasteiger partial charge in [-0.1, -0.05) is 22.5 Å². The summed E-state index contributed by atoms with van der Waals surface area (Å²) in [6.07, 6.45) is 0.984. The average Bonchev–Trinajstić information content (AvgIpc) is 2.63. The molecule has 94 valence electrons. The molecule has 0 spiro atoms. The Labute approximate surface area is 107 Å². The van der Waals surface area contributed by atoms with Crippen LogP contribution in [0, 0.1) is 0 Å². The number of nitrogens with two attached hydrogens (primary N) is 1. The fraction of sp³-hybridized carbons (Fsp3) is 0.500. The van der Waals surface area contributed by atoms with Crippen LogP contribution in [0.3, 0.4) is 0 Å². The van der Waals surface area contributed by atoms with E-state index in [1.807, 2.05) is 0 Å². The van der Waals surface area contributed by atoms with Crippen molar-refractivity contribution in [1.29, 1.82) is 0 Å². The number of hydrogen-bond acceptors (Lipinski definition) is 3. The molecule has 3 amide bonds. The highest BCUT2D eigenvalue weighted by atomic mass is 79.9. The van der Waals surface area contributed by atoms with E-state index in [9.17, 15) is 14.4 Å². The van der Waals surface area contributed by atoms with Gasteiger partial charge in [0, 0.05) is 12.8 Å². The topological polar surface area (TPSA) is 101 Å². The second kappa shape index (κ2) is 5.81. The van der Waals surface area contributed by atoms with E-state index in [2.05, 4.69) is 33.1 Å². The maximum atomic E-state index is 11.7. The highest BCUT2D eigenvalue weighted by Crippen LogP contribution is 2.11. The van der Waals surface area contributed by atoms with Crippen molar-refractivity contribution in [3.63, 3.8) is 0 Å². The molecule has 1 aliphatic rings. The first-order valence-corrected chi connectivity index (χ1v) is 5.91. The molecule has 1 rings (SSSR count). The van der Waals surface area contributed by atoms with Gasteiger partial charge in [-0.3, -0.25) is 14.4 Å². The summed E-state index contributed by atoms with van der Waals surface area (Å²) in [5.41, 5.74) is 5.16. The monoisotopic (exact) mass is 303 g/mol. The Morgan fingerprint density at radius 3 is 2.71 bits per heavy atom. The van der Waals surface area contributed by atoms with Crippen molar-refractivity contribution in [3.8, 4) is 0 Å². The van der Waals surface area contributed by atoms with E-state index in [1.54, 1.807) is 0 Å². The number of halogens is 1. The van der Waals surface area contributed by atoms with Crippen LogP contribution in [0.1, 0.15) is 19.3 Å². The second-order valence-corrected chi connectivity index (χ2v) is 4.97. The number of carbonyl (C=O) groups excluding carboxylic acids is 3. The lowest BCUT2D eigenvalue weighted by Gasteiger charge is -2.17. The van der Waals surface area contributed by atoms with Gasteiger partial charge in [0.1, 0.15) is 12.1 Å². The molecule has 7 heteroatoms. The van der Waals surface area contributed by atoms with Crippen molar-refractivity contribution >= 4 is 33.7 Å². The number of nitrogens with one attached hydrogen (secondary N) is 2. The SMILES string of the molecule is C=C(Br)C[C@@H](NC(=O)[C@@H]1CCC(=O)N1)C(N)=O. The van der Waals surface area contributed by atoms with Crippen LogP contribution in [0.15, 0.2) is 11.1 Å². The fourth-order valence-electron chi connectivity index (χ4n) is 1.53. The first kappa shape index (κ1) is 13.7. The molecule has 1 saturated heterocycles. The number of hydrogen-bond donors (Lipinski definition) is 3. The predicted molar refractivity (Wildman–Crippen MR) is 65.0 cm³/mol. The fourth-order valence-corrected chi connectivity index (χ4v) is 1.85. The summed E-state index contributed by atoms with van der Waals surface area (Å²) in [6, 6.07) is -1.39. The molecular weight excluding hydrogens is 290 g/mol. The maximum Gasteiger partial charge on any atom is 0.243 e. The molecule has 0 aromatic carbocycles. The third-order valence-electron chi connectivity index (χ3n) is 2.40. The first-order valence-electron chi connectivity index (χ1n) is 5.12. The van der Waals surface area contributed by atoms with E-state index in [1.165, 1.54) is 0 Å². The van der Waals surface area contributed by atoms with Crippen LogP contribution in [0.4, 0.5) is 0 Å². The lowest BCUT2D eigenvalue weighted by atomic mass is 10.1. The molecule has 2 atom stereocenters. The van der Waals surface area contributed by atoms with Crippen molar-refractivity contribution in [2.45, 2.75) is 31.3 Å². The zero-order valence-corrected chi connectivity index (χ0v) is 10.7. The van der Waals surface area contributed by atoms with Crippen LogP contribution in [-0.2, 0) is 14.4 Å². The van der Waals surface area contributed by atoms with Crippen LogP contribution in [0.5, 0.6) is 0 Å². The van der Waals surface area contributed by atoms with Crippen LogP contribution in [0.2, 0.25) is 0 Å². The van der Waals surface area contributed by atoms with E-state index >= 15 is 0 Å². The molecule has 6 nitrogen and oxygen atoms in total. The summed E-state index contributed by atoms with van der Waals surface area (Å²) in [5.74, 6) is -1.19. The molecule has 0 aliphatic carbocycles. The van der Waals surface area contributed by atoms with Crippen molar-refractivity contribution in [2.75, 3.05) is 0 Å². The smallest absolute Gasteiger partial charge is 0.243 e. The minimum atomic E-state index is -0.813. The lowest BCUT2D eigenvalue weighted by molar-refractivity contribution is -0.129. The van der Waals surface area contributed by atoms with Gasteiger partial charge in [0.2, 0.25) is 17.7 Å². The largest absolute Gasteiger partial charge is 0.368 e. The summed E-state index contributed by atoms with van der Waals surface area (Å²) in [5, 5.41) is 5.01. The Kier molecular flexibility index (Phi) is 4.68. The Hall–Kier alpha value is -1.37. The van der Waals surface area contributed by atoms with Crippen molar-refractivity contribution < 1.29 is 14.4 Å². The van der Waals surface area contributed by atoms with Gasteiger partial charge in [-0.2, -0.15) is 0 Å². The van der Waals surface area contributed by atoms with E-state index in [0.717, 1.165) is 0 Å². The second-order valence-electron chi connectivity index (χ2n) is 3.84. The Morgan fingerprint density at radius 1 is 1.65 bits per heavy atom. The molecule has 0 saturated carbocycles. The summed E-state index contributed by atoms with van der Waals surface area (Å²) in [7, 11) is 0. The summed E-state index contributed by atoms with van der Waals surface area (Å²) < 4.78 is 0.567. The zero-order chi connectivity index (χ0) is 13.0. The van der Waals surface area contributed by atoms with Gasteiger partial charge >= 0.3 is 0 Å². The minimum absolute atomic E-state index is 0.161. The molecule has 0 unspecified atom stereocenters. The molecule has 0 radical (unpaired) electrons. The molecular formula is C10H14BrN3O3. The van der Waals surface area contributed by atoms with Crippen LogP contribution >= 0.6 is 15.9 Å². The van der Waals surface area contributed by atoms with Crippen molar-refractivity contribution in [2.24, 2.45) is 5.73 Å². The summed E-state index contributed by atoms with van der Waals surface area (Å²) in [6.45, 7) is 3.58. The Morgan fingerprint density at radius 2 is 2.29 bits per heavy atom. The van der Waals surface area contributed by atoms with Gasteiger partial charge < -0.3 is 16.4 Å². The van der Waals surface area contributed by atoms with Gasteiger partial charge in [0.05, 0.1) is 0 Å². The third kappa shape index (κ3) is 4.18. The number of rotatable bonds is 5. The van der Waals surface area contributed by atoms with Gasteiger partial charge in [0.25, 0.3) is 0 Å². The molecule has 0 bridgehead atoms. The van der Waals surface area contributed by atoms with Gasteiger partial charge in [-0.15, -0.1) is 0 Å². The molecule has 1 aliphatic heterocycles. The molecule has 1 heterocycles. The summed E-state index contributed by atoms with van der Waals surface area (Å²) >= 11 is 3.10. The van der Waals surface area contributed by atoms with Gasteiger partial charge in [0.15, 0.2) is 0 Å². The molecule has 0 aromatic heterocycles. The van der Waals surface area contributed by atoms with E-state index in [4.69, 9.17) is 5.73 Å². The van der Waals surface area contributed by atoms with Crippen LogP contribution < -0.4 is 16.4 Å². The quantitative estimate of drug-likeness (QED) is 0.640. The minimum Gasteiger partial charge on any atom is -0.368 e. The number of amides is 3. The highest BCUT2D eigenvalue weighted by Gasteiger charge is 2.29. The van der Waals surface area contributed by atoms with Gasteiger partial charge in [-0.05, 0) is 10.9 Å². The molecule has 4 N–H and O–H groups in total. The first-order chi connectivity index (χ1) is 7.90. The zero-order valence-electron chi connectivity index (χ0n) is 9.16. The van der Waals surface area contributed by atoms with Crippen LogP contribution in [0.25, 0.3) is 0 Å². The van der Waals surface area contributed by atoms with Crippen LogP contribution in [-0.4, -0.2) is 29.8 Å². The lowest BCUT2D eigenvalue weighted by Crippen LogP contribution is -2.50.